The number of amides is 2. The van der Waals surface area contributed by atoms with Gasteiger partial charge in [0.05, 0.1) is 0 Å². The molecule has 112 valence electrons. The number of hydrogen-bond acceptors (Lipinski definition) is 2. The topological polar surface area (TPSA) is 58.2 Å². The highest BCUT2D eigenvalue weighted by atomic mass is 16.2. The molecule has 2 aliphatic rings. The zero-order valence-electron chi connectivity index (χ0n) is 12.2. The predicted octanol–water partition coefficient (Wildman–Crippen LogP) is 2.64. The summed E-state index contributed by atoms with van der Waals surface area (Å²) in [5, 5.41) is 6.03. The van der Waals surface area contributed by atoms with Gasteiger partial charge in [0.1, 0.15) is 0 Å². The fraction of sp³-hybridized carbons (Fsp3) is 0.529. The van der Waals surface area contributed by atoms with E-state index >= 15 is 0 Å². The van der Waals surface area contributed by atoms with Gasteiger partial charge < -0.3 is 10.6 Å². The zero-order chi connectivity index (χ0) is 14.7. The molecule has 0 bridgehead atoms. The minimum Gasteiger partial charge on any atom is -0.349 e. The van der Waals surface area contributed by atoms with Crippen LogP contribution in [0.3, 0.4) is 0 Å². The Morgan fingerprint density at radius 3 is 1.57 bits per heavy atom. The van der Waals surface area contributed by atoms with Crippen LogP contribution < -0.4 is 10.6 Å². The van der Waals surface area contributed by atoms with Gasteiger partial charge in [0.2, 0.25) is 0 Å². The Hall–Kier alpha value is -1.84. The van der Waals surface area contributed by atoms with Crippen molar-refractivity contribution in [1.29, 1.82) is 0 Å². The molecule has 0 heterocycles. The third-order valence-corrected chi connectivity index (χ3v) is 4.26. The first-order chi connectivity index (χ1) is 10.2. The van der Waals surface area contributed by atoms with Gasteiger partial charge in [0.15, 0.2) is 0 Å². The lowest BCUT2D eigenvalue weighted by molar-refractivity contribution is 0.0922. The predicted molar refractivity (Wildman–Crippen MR) is 81.3 cm³/mol. The molecule has 0 unspecified atom stereocenters. The Bertz CT molecular complexity index is 514. The normalized spacial score (nSPS) is 19.0. The summed E-state index contributed by atoms with van der Waals surface area (Å²) in [6, 6.07) is 7.59. The Kier molecular flexibility index (Phi) is 4.23. The van der Waals surface area contributed by atoms with Crippen molar-refractivity contribution >= 4 is 11.8 Å². The van der Waals surface area contributed by atoms with E-state index in [0.29, 0.717) is 23.2 Å². The van der Waals surface area contributed by atoms with E-state index < -0.39 is 0 Å². The summed E-state index contributed by atoms with van der Waals surface area (Å²) in [6.07, 6.45) is 7.98. The van der Waals surface area contributed by atoms with E-state index in [1.807, 2.05) is 0 Å². The third-order valence-electron chi connectivity index (χ3n) is 4.26. The molecule has 4 nitrogen and oxygen atoms in total. The van der Waals surface area contributed by atoms with Crippen LogP contribution in [0.2, 0.25) is 0 Å². The molecule has 0 atom stereocenters. The van der Waals surface area contributed by atoms with E-state index in [2.05, 4.69) is 10.6 Å². The quantitative estimate of drug-likeness (QED) is 0.894. The van der Waals surface area contributed by atoms with Crippen LogP contribution in [-0.4, -0.2) is 23.9 Å². The first-order valence-electron chi connectivity index (χ1n) is 7.94. The number of nitrogens with one attached hydrogen (secondary N) is 2. The van der Waals surface area contributed by atoms with Gasteiger partial charge in [-0.25, -0.2) is 0 Å². The highest BCUT2D eigenvalue weighted by Gasteiger charge is 2.24. The molecule has 0 aliphatic heterocycles. The van der Waals surface area contributed by atoms with Gasteiger partial charge in [-0.2, -0.15) is 0 Å². The Labute approximate surface area is 125 Å². The van der Waals surface area contributed by atoms with E-state index in [1.165, 1.54) is 19.3 Å². The molecule has 2 N–H and O–H groups in total. The van der Waals surface area contributed by atoms with Gasteiger partial charge in [-0.1, -0.05) is 19.3 Å². The zero-order valence-corrected chi connectivity index (χ0v) is 12.2. The van der Waals surface area contributed by atoms with Crippen LogP contribution in [0.15, 0.2) is 24.3 Å². The van der Waals surface area contributed by atoms with Crippen LogP contribution in [0.25, 0.3) is 0 Å². The van der Waals surface area contributed by atoms with Crippen LogP contribution in [0.4, 0.5) is 0 Å². The minimum atomic E-state index is -0.0447. The van der Waals surface area contributed by atoms with E-state index in [-0.39, 0.29) is 11.8 Å². The molecule has 3 rings (SSSR count). The number of carbonyl (C=O) groups excluding carboxylic acids is 2. The molecule has 0 saturated heterocycles. The van der Waals surface area contributed by atoms with E-state index in [9.17, 15) is 9.59 Å². The van der Waals surface area contributed by atoms with Crippen LogP contribution in [0, 0.1) is 0 Å². The van der Waals surface area contributed by atoms with Crippen LogP contribution in [-0.2, 0) is 0 Å². The van der Waals surface area contributed by atoms with E-state index in [4.69, 9.17) is 0 Å². The van der Waals surface area contributed by atoms with Gasteiger partial charge in [0.25, 0.3) is 11.8 Å². The monoisotopic (exact) mass is 286 g/mol. The summed E-state index contributed by atoms with van der Waals surface area (Å²) in [5.74, 6) is -0.0761. The highest BCUT2D eigenvalue weighted by molar-refractivity contribution is 5.98. The Morgan fingerprint density at radius 1 is 0.714 bits per heavy atom. The lowest BCUT2D eigenvalue weighted by Gasteiger charge is -2.22. The molecule has 0 aromatic heterocycles. The second-order valence-electron chi connectivity index (χ2n) is 6.13. The summed E-state index contributed by atoms with van der Waals surface area (Å²) >= 11 is 0. The second-order valence-corrected chi connectivity index (χ2v) is 6.13. The summed E-state index contributed by atoms with van der Waals surface area (Å²) in [4.78, 5) is 24.1. The van der Waals surface area contributed by atoms with Gasteiger partial charge in [-0.05, 0) is 49.9 Å². The second kappa shape index (κ2) is 6.29. The first-order valence-corrected chi connectivity index (χ1v) is 7.94. The molecule has 2 amide bonds. The van der Waals surface area contributed by atoms with Gasteiger partial charge >= 0.3 is 0 Å². The maximum absolute atomic E-state index is 12.2. The van der Waals surface area contributed by atoms with Gasteiger partial charge in [-0.3, -0.25) is 9.59 Å². The molecule has 0 spiro atoms. The smallest absolute Gasteiger partial charge is 0.251 e. The van der Waals surface area contributed by atoms with Crippen molar-refractivity contribution in [2.24, 2.45) is 0 Å². The maximum Gasteiger partial charge on any atom is 0.251 e. The van der Waals surface area contributed by atoms with Crippen molar-refractivity contribution in [2.75, 3.05) is 0 Å². The molecule has 1 aromatic carbocycles. The average Bonchev–Trinajstić information content (AvgIpc) is 3.32. The van der Waals surface area contributed by atoms with E-state index in [0.717, 1.165) is 25.7 Å². The molecular formula is C17H22N2O2. The summed E-state index contributed by atoms with van der Waals surface area (Å²) < 4.78 is 0. The Morgan fingerprint density at radius 2 is 1.14 bits per heavy atom. The van der Waals surface area contributed by atoms with Crippen LogP contribution in [0.1, 0.15) is 65.7 Å². The van der Waals surface area contributed by atoms with Gasteiger partial charge in [-0.15, -0.1) is 0 Å². The molecular weight excluding hydrogens is 264 g/mol. The van der Waals surface area contributed by atoms with Gasteiger partial charge in [0, 0.05) is 23.2 Å². The molecule has 21 heavy (non-hydrogen) atoms. The van der Waals surface area contributed by atoms with Crippen LogP contribution >= 0.6 is 0 Å². The lowest BCUT2D eigenvalue weighted by atomic mass is 9.95. The van der Waals surface area contributed by atoms with Crippen molar-refractivity contribution in [2.45, 2.75) is 57.0 Å². The molecule has 2 saturated carbocycles. The fourth-order valence-corrected chi connectivity index (χ4v) is 2.79. The largest absolute Gasteiger partial charge is 0.349 e. The van der Waals surface area contributed by atoms with Crippen molar-refractivity contribution < 1.29 is 9.59 Å². The fourth-order valence-electron chi connectivity index (χ4n) is 2.79. The number of benzene rings is 1. The lowest BCUT2D eigenvalue weighted by Crippen LogP contribution is -2.36. The maximum atomic E-state index is 12.2. The molecule has 2 aliphatic carbocycles. The van der Waals surface area contributed by atoms with Crippen molar-refractivity contribution in [3.8, 4) is 0 Å². The minimum absolute atomic E-state index is 0.0314. The summed E-state index contributed by atoms with van der Waals surface area (Å²) in [7, 11) is 0. The third kappa shape index (κ3) is 3.84. The molecule has 4 heteroatoms. The van der Waals surface area contributed by atoms with Crippen molar-refractivity contribution in [1.82, 2.24) is 10.6 Å². The first kappa shape index (κ1) is 14.1. The number of hydrogen-bond donors (Lipinski definition) is 2. The Balaban J connectivity index is 1.57. The number of rotatable bonds is 4. The summed E-state index contributed by atoms with van der Waals surface area (Å²) in [6.45, 7) is 0. The van der Waals surface area contributed by atoms with Crippen molar-refractivity contribution in [3.05, 3.63) is 35.4 Å². The highest BCUT2D eigenvalue weighted by Crippen LogP contribution is 2.20. The molecule has 0 radical (unpaired) electrons. The summed E-state index contributed by atoms with van der Waals surface area (Å²) in [5.41, 5.74) is 1.25. The van der Waals surface area contributed by atoms with Crippen molar-refractivity contribution in [3.63, 3.8) is 0 Å². The number of carbonyl (C=O) groups is 2. The SMILES string of the molecule is O=C(NC1CCCCC1)c1ccc(C(=O)NC2CC2)cc1. The van der Waals surface area contributed by atoms with E-state index in [1.54, 1.807) is 24.3 Å². The average molecular weight is 286 g/mol. The standard InChI is InChI=1S/C17H22N2O2/c20-16(18-14-4-2-1-3-5-14)12-6-8-13(9-7-12)17(21)19-15-10-11-15/h6-9,14-15H,1-5,10-11H2,(H,18,20)(H,19,21). The molecule has 2 fully saturated rings. The van der Waals surface area contributed by atoms with Crippen LogP contribution in [0.5, 0.6) is 0 Å². The molecule has 1 aromatic rings.